The van der Waals surface area contributed by atoms with Crippen molar-refractivity contribution in [3.63, 3.8) is 0 Å². The standard InChI is InChI=1S/C22H32OSi.C19H24O.C19H22O.C18H22O2/c1-15-6-8-17-16(14-15)7-9-19-18(17)12-13-22(2)20(19)10-11-21(22)23-24(3,4)5;2*1-12-3-5-14-13(11-12)4-6-16-15(14)9-10-19(2)17(16)7-8-18(19)20;1-18-9-8-14-13-5-3-12(19)10-11(13)2-4-15(14)16(18)6-7-17(18)20/h6,8,11,14,18-20H,7,9-10,12-13H2,1-5H3;3,5,11,15-17H,4,6-10H2,1-2H3;3,5,7-8,11,15-17H,4,6,9-10H2,1-2H3;3,5,10,14-16,19H,2,4,6-9H2,1H3/t18?,19?,20?,22-;2*15?,16?,17?,19-;14?,15?,16?,18-/m0000/s1. The molecule has 6 saturated carbocycles. The number of ketones is 3. The highest BCUT2D eigenvalue weighted by Gasteiger charge is 2.58. The number of fused-ring (bicyclic) bond motifs is 20. The van der Waals surface area contributed by atoms with Crippen LogP contribution in [-0.2, 0) is 44.5 Å². The van der Waals surface area contributed by atoms with E-state index in [0.29, 0.717) is 69.9 Å². The molecule has 0 aromatic heterocycles. The Morgan fingerprint density at radius 1 is 0.452 bits per heavy atom. The molecular weight excluding hydrogens is 1040 g/mol. The molecule has 1 N–H and O–H groups in total. The lowest BCUT2D eigenvalue weighted by atomic mass is 9.55. The highest BCUT2D eigenvalue weighted by atomic mass is 28.4. The van der Waals surface area contributed by atoms with Crippen molar-refractivity contribution in [3.8, 4) is 5.75 Å². The molecule has 4 aromatic carbocycles. The Kier molecular flexibility index (Phi) is 15.1. The normalized spacial score (nSPS) is 37.7. The van der Waals surface area contributed by atoms with E-state index < -0.39 is 8.32 Å². The van der Waals surface area contributed by atoms with E-state index in [-0.39, 0.29) is 16.2 Å². The Labute approximate surface area is 506 Å². The number of hydrogen-bond donors (Lipinski definition) is 1. The molecule has 0 radical (unpaired) electrons. The predicted octanol–water partition coefficient (Wildman–Crippen LogP) is 18.6. The molecule has 12 aliphatic rings. The van der Waals surface area contributed by atoms with Gasteiger partial charge in [0, 0.05) is 34.5 Å². The first-order valence-electron chi connectivity index (χ1n) is 33.9. The summed E-state index contributed by atoms with van der Waals surface area (Å²) in [5.74, 6) is 11.4. The third kappa shape index (κ3) is 9.95. The van der Waals surface area contributed by atoms with Crippen LogP contribution in [0.5, 0.6) is 5.75 Å². The second-order valence-electron chi connectivity index (χ2n) is 31.6. The van der Waals surface area contributed by atoms with E-state index in [1.54, 1.807) is 33.4 Å². The van der Waals surface area contributed by atoms with Crippen LogP contribution in [-0.4, -0.2) is 30.8 Å². The van der Waals surface area contributed by atoms with Crippen LogP contribution < -0.4 is 0 Å². The number of aryl methyl sites for hydroxylation is 7. The summed E-state index contributed by atoms with van der Waals surface area (Å²) in [5, 5.41) is 9.67. The summed E-state index contributed by atoms with van der Waals surface area (Å²) < 4.78 is 6.54. The molecule has 0 aliphatic heterocycles. The molecule has 4 aromatic rings. The average Bonchev–Trinajstić information content (AvgIpc) is 1.68. The molecular formula is C78H100O5Si. The van der Waals surface area contributed by atoms with Gasteiger partial charge in [-0.05, 0) is 302 Å². The molecule has 0 heterocycles. The Hall–Kier alpha value is -4.81. The number of carbonyl (C=O) groups excluding carboxylic acids is 3. The monoisotopic (exact) mass is 1140 g/mol. The van der Waals surface area contributed by atoms with E-state index in [4.69, 9.17) is 4.43 Å². The zero-order chi connectivity index (χ0) is 58.8. The number of carbonyl (C=O) groups is 3. The molecule has 0 saturated heterocycles. The summed E-state index contributed by atoms with van der Waals surface area (Å²) in [4.78, 5) is 36.8. The lowest BCUT2D eigenvalue weighted by molar-refractivity contribution is -0.130. The van der Waals surface area contributed by atoms with Crippen molar-refractivity contribution < 1.29 is 23.9 Å². The molecule has 84 heavy (non-hydrogen) atoms. The molecule has 0 spiro atoms. The molecule has 16 rings (SSSR count). The number of aromatic hydroxyl groups is 1. The van der Waals surface area contributed by atoms with Crippen LogP contribution in [0.1, 0.15) is 222 Å². The number of Topliss-reactive ketones (excluding diaryl/α,β-unsaturated/α-hetero) is 2. The molecule has 0 bridgehead atoms. The van der Waals surface area contributed by atoms with E-state index in [0.717, 1.165) is 87.4 Å². The quantitative estimate of drug-likeness (QED) is 0.202. The first-order valence-corrected chi connectivity index (χ1v) is 37.3. The highest BCUT2D eigenvalue weighted by molar-refractivity contribution is 6.70. The minimum absolute atomic E-state index is 0.0172. The maximum Gasteiger partial charge on any atom is 0.241 e. The van der Waals surface area contributed by atoms with Crippen LogP contribution in [0.2, 0.25) is 19.6 Å². The first kappa shape index (κ1) is 58.2. The van der Waals surface area contributed by atoms with Gasteiger partial charge in [-0.2, -0.15) is 0 Å². The number of phenols is 1. The zero-order valence-corrected chi connectivity index (χ0v) is 54.0. The smallest absolute Gasteiger partial charge is 0.241 e. The van der Waals surface area contributed by atoms with E-state index in [1.807, 2.05) is 18.2 Å². The SMILES string of the molecule is C[C@]12CCC3c4ccc(O)cc4CCC3C1CCC2=O.Cc1ccc2c(c1)CCC1C2CC[C@]2(C)C(=O)C=CC12.Cc1ccc2c(c1)CCC1C2CC[C@]2(C)C(=O)CCC12.Cc1ccc2c(c1)CCC1C2CC[C@]2(C)C(O[Si](C)(C)C)=CCC12. The lowest BCUT2D eigenvalue weighted by Gasteiger charge is -2.50. The number of allylic oxidation sites excluding steroid dienone is 4. The number of phenolic OH excluding ortho intramolecular Hbond substituents is 1. The van der Waals surface area contributed by atoms with Gasteiger partial charge in [0.25, 0.3) is 0 Å². The van der Waals surface area contributed by atoms with Crippen LogP contribution in [0.4, 0.5) is 0 Å². The summed E-state index contributed by atoms with van der Waals surface area (Å²) in [6.45, 7) is 22.7. The van der Waals surface area contributed by atoms with Gasteiger partial charge in [-0.3, -0.25) is 14.4 Å². The van der Waals surface area contributed by atoms with Gasteiger partial charge in [0.15, 0.2) is 5.78 Å². The van der Waals surface area contributed by atoms with Gasteiger partial charge in [-0.15, -0.1) is 0 Å². The van der Waals surface area contributed by atoms with Gasteiger partial charge in [-0.1, -0.05) is 111 Å². The topological polar surface area (TPSA) is 80.7 Å². The highest BCUT2D eigenvalue weighted by Crippen LogP contribution is 2.64. The summed E-state index contributed by atoms with van der Waals surface area (Å²) in [7, 11) is -1.52. The van der Waals surface area contributed by atoms with Gasteiger partial charge < -0.3 is 9.53 Å². The summed E-state index contributed by atoms with van der Waals surface area (Å²) >= 11 is 0. The molecule has 5 nitrogen and oxygen atoms in total. The van der Waals surface area contributed by atoms with Gasteiger partial charge in [0.1, 0.15) is 17.3 Å². The zero-order valence-electron chi connectivity index (χ0n) is 53.0. The van der Waals surface area contributed by atoms with Gasteiger partial charge in [0.05, 0.1) is 5.76 Å². The summed E-state index contributed by atoms with van der Waals surface area (Å²) in [5.41, 5.74) is 16.8. The van der Waals surface area contributed by atoms with Crippen molar-refractivity contribution in [3.05, 3.63) is 158 Å². The fourth-order valence-electron chi connectivity index (χ4n) is 21.5. The Morgan fingerprint density at radius 2 is 0.845 bits per heavy atom. The fourth-order valence-corrected chi connectivity index (χ4v) is 22.5. The molecule has 6 heteroatoms. The maximum absolute atomic E-state index is 12.3. The summed E-state index contributed by atoms with van der Waals surface area (Å²) in [6.07, 6.45) is 30.9. The van der Waals surface area contributed by atoms with Crippen LogP contribution in [0, 0.1) is 89.8 Å². The molecule has 6 fully saturated rings. The number of rotatable bonds is 2. The van der Waals surface area contributed by atoms with E-state index in [9.17, 15) is 19.5 Å². The average molecular weight is 1150 g/mol. The van der Waals surface area contributed by atoms with Crippen molar-refractivity contribution >= 4 is 25.7 Å². The molecule has 12 unspecified atom stereocenters. The second-order valence-corrected chi connectivity index (χ2v) is 36.0. The van der Waals surface area contributed by atoms with E-state index in [2.05, 4.69) is 141 Å². The Balaban J connectivity index is 0.000000105. The minimum atomic E-state index is -1.52. The van der Waals surface area contributed by atoms with Crippen LogP contribution in [0.15, 0.2) is 96.8 Å². The largest absolute Gasteiger partial charge is 0.547 e. The molecule has 0 amide bonds. The van der Waals surface area contributed by atoms with Crippen molar-refractivity contribution in [1.82, 2.24) is 0 Å². The number of hydrogen-bond acceptors (Lipinski definition) is 5. The van der Waals surface area contributed by atoms with Crippen molar-refractivity contribution in [2.24, 2.45) is 69.0 Å². The van der Waals surface area contributed by atoms with Crippen molar-refractivity contribution in [2.75, 3.05) is 0 Å². The van der Waals surface area contributed by atoms with Gasteiger partial charge in [-0.25, -0.2) is 0 Å². The van der Waals surface area contributed by atoms with Crippen LogP contribution in [0.25, 0.3) is 0 Å². The number of benzene rings is 4. The lowest BCUT2D eigenvalue weighted by Crippen LogP contribution is -2.43. The van der Waals surface area contributed by atoms with Crippen LogP contribution in [0.3, 0.4) is 0 Å². The van der Waals surface area contributed by atoms with Gasteiger partial charge in [0.2, 0.25) is 8.32 Å². The molecule has 12 aliphatic carbocycles. The molecule has 446 valence electrons. The third-order valence-electron chi connectivity index (χ3n) is 26.0. The second kappa shape index (κ2) is 21.8. The van der Waals surface area contributed by atoms with E-state index >= 15 is 0 Å². The third-order valence-corrected chi connectivity index (χ3v) is 26.8. The maximum atomic E-state index is 12.3. The minimum Gasteiger partial charge on any atom is -0.547 e. The van der Waals surface area contributed by atoms with Crippen molar-refractivity contribution in [1.29, 1.82) is 0 Å². The Morgan fingerprint density at radius 3 is 1.31 bits per heavy atom. The van der Waals surface area contributed by atoms with Crippen molar-refractivity contribution in [2.45, 2.75) is 227 Å². The molecule has 16 atom stereocenters. The van der Waals surface area contributed by atoms with Gasteiger partial charge >= 0.3 is 0 Å². The van der Waals surface area contributed by atoms with E-state index in [1.165, 1.54) is 111 Å². The van der Waals surface area contributed by atoms with Crippen LogP contribution >= 0.6 is 0 Å². The first-order chi connectivity index (χ1) is 40.1. The fraction of sp³-hybridized carbons (Fsp3) is 0.603. The summed E-state index contributed by atoms with van der Waals surface area (Å²) in [6, 6.07) is 27.1. The predicted molar refractivity (Wildman–Crippen MR) is 343 cm³/mol. The Bertz CT molecular complexity index is 3210.